The molecule has 7 nitrogen and oxygen atoms in total. The summed E-state index contributed by atoms with van der Waals surface area (Å²) in [6, 6.07) is 11.3. The number of nitrogens with zero attached hydrogens (tertiary/aromatic N) is 3. The van der Waals surface area contributed by atoms with E-state index < -0.39 is 6.03 Å². The molecular formula is C22H25ClN4O3. The predicted octanol–water partition coefficient (Wildman–Crippen LogP) is 4.33. The molecule has 2 atom stereocenters. The van der Waals surface area contributed by atoms with Gasteiger partial charge in [0.05, 0.1) is 0 Å². The fourth-order valence-electron chi connectivity index (χ4n) is 3.75. The van der Waals surface area contributed by atoms with Crippen molar-refractivity contribution in [3.8, 4) is 16.9 Å². The zero-order valence-electron chi connectivity index (χ0n) is 16.8. The fourth-order valence-corrected chi connectivity index (χ4v) is 4.06. The number of carbonyl (C=O) groups excluding carboxylic acids is 1. The third kappa shape index (κ3) is 4.22. The van der Waals surface area contributed by atoms with Gasteiger partial charge in [0.15, 0.2) is 0 Å². The SMILES string of the molecule is CCCOC1CC(Oc2ccc(-c3ccc4nccn4c3Cl)cc2)CCN1C(N)=O. The van der Waals surface area contributed by atoms with E-state index >= 15 is 0 Å². The molecule has 3 aromatic rings. The average Bonchev–Trinajstić information content (AvgIpc) is 3.23. The van der Waals surface area contributed by atoms with Crippen molar-refractivity contribution in [2.45, 2.75) is 38.5 Å². The van der Waals surface area contributed by atoms with Gasteiger partial charge in [-0.25, -0.2) is 9.78 Å². The Morgan fingerprint density at radius 3 is 2.80 bits per heavy atom. The van der Waals surface area contributed by atoms with Crippen LogP contribution in [0.1, 0.15) is 26.2 Å². The summed E-state index contributed by atoms with van der Waals surface area (Å²) in [7, 11) is 0. The number of aromatic nitrogens is 2. The number of pyridine rings is 1. The number of hydrogen-bond donors (Lipinski definition) is 1. The molecule has 3 heterocycles. The van der Waals surface area contributed by atoms with Crippen LogP contribution in [-0.2, 0) is 4.74 Å². The number of primary amides is 1. The van der Waals surface area contributed by atoms with E-state index in [0.29, 0.717) is 31.1 Å². The van der Waals surface area contributed by atoms with Gasteiger partial charge in [-0.05, 0) is 36.2 Å². The van der Waals surface area contributed by atoms with Crippen LogP contribution >= 0.6 is 11.6 Å². The number of carbonyl (C=O) groups is 1. The van der Waals surface area contributed by atoms with Gasteiger partial charge in [0, 0.05) is 44.0 Å². The van der Waals surface area contributed by atoms with E-state index in [2.05, 4.69) is 4.98 Å². The van der Waals surface area contributed by atoms with Gasteiger partial charge < -0.3 is 15.2 Å². The number of rotatable bonds is 6. The summed E-state index contributed by atoms with van der Waals surface area (Å²) in [5.74, 6) is 0.769. The lowest BCUT2D eigenvalue weighted by Crippen LogP contribution is -2.52. The van der Waals surface area contributed by atoms with E-state index in [1.54, 1.807) is 11.1 Å². The van der Waals surface area contributed by atoms with Crippen molar-refractivity contribution >= 4 is 23.3 Å². The Hall–Kier alpha value is -2.77. The van der Waals surface area contributed by atoms with Gasteiger partial charge in [0.25, 0.3) is 0 Å². The number of amides is 2. The van der Waals surface area contributed by atoms with Crippen molar-refractivity contribution in [1.82, 2.24) is 14.3 Å². The van der Waals surface area contributed by atoms with Gasteiger partial charge in [-0.15, -0.1) is 0 Å². The van der Waals surface area contributed by atoms with Crippen LogP contribution in [0.2, 0.25) is 5.15 Å². The van der Waals surface area contributed by atoms with E-state index in [0.717, 1.165) is 28.9 Å². The maximum absolute atomic E-state index is 11.7. The Morgan fingerprint density at radius 1 is 1.27 bits per heavy atom. The number of fused-ring (bicyclic) bond motifs is 1. The average molecular weight is 429 g/mol. The number of piperidine rings is 1. The Morgan fingerprint density at radius 2 is 2.07 bits per heavy atom. The lowest BCUT2D eigenvalue weighted by atomic mass is 10.1. The molecule has 30 heavy (non-hydrogen) atoms. The molecular weight excluding hydrogens is 404 g/mol. The third-order valence-electron chi connectivity index (χ3n) is 5.27. The largest absolute Gasteiger partial charge is 0.490 e. The van der Waals surface area contributed by atoms with Gasteiger partial charge in [-0.2, -0.15) is 0 Å². The summed E-state index contributed by atoms with van der Waals surface area (Å²) in [6.45, 7) is 3.13. The molecule has 0 bridgehead atoms. The second-order valence-corrected chi connectivity index (χ2v) is 7.70. The molecule has 0 spiro atoms. The number of hydrogen-bond acceptors (Lipinski definition) is 4. The van der Waals surface area contributed by atoms with Crippen LogP contribution in [-0.4, -0.2) is 45.8 Å². The number of benzene rings is 1. The normalized spacial score (nSPS) is 19.2. The van der Waals surface area contributed by atoms with E-state index in [-0.39, 0.29) is 12.3 Å². The zero-order valence-corrected chi connectivity index (χ0v) is 17.6. The highest BCUT2D eigenvalue weighted by molar-refractivity contribution is 6.32. The first kappa shape index (κ1) is 20.5. The molecule has 0 radical (unpaired) electrons. The second-order valence-electron chi connectivity index (χ2n) is 7.34. The molecule has 1 fully saturated rings. The smallest absolute Gasteiger partial charge is 0.316 e. The minimum Gasteiger partial charge on any atom is -0.490 e. The minimum absolute atomic E-state index is 0.0424. The lowest BCUT2D eigenvalue weighted by Gasteiger charge is -2.38. The molecule has 0 aliphatic carbocycles. The van der Waals surface area contributed by atoms with Crippen LogP contribution in [0.3, 0.4) is 0 Å². The quantitative estimate of drug-likeness (QED) is 0.592. The second kappa shape index (κ2) is 8.93. The molecule has 158 valence electrons. The summed E-state index contributed by atoms with van der Waals surface area (Å²) >= 11 is 6.55. The highest BCUT2D eigenvalue weighted by Crippen LogP contribution is 2.31. The Labute approximate surface area is 180 Å². The van der Waals surface area contributed by atoms with E-state index in [1.165, 1.54) is 0 Å². The lowest BCUT2D eigenvalue weighted by molar-refractivity contribution is -0.0815. The Balaban J connectivity index is 1.45. The van der Waals surface area contributed by atoms with Gasteiger partial charge in [-0.3, -0.25) is 9.30 Å². The molecule has 0 saturated carbocycles. The first-order chi connectivity index (χ1) is 14.6. The first-order valence-electron chi connectivity index (χ1n) is 10.1. The monoisotopic (exact) mass is 428 g/mol. The Bertz CT molecular complexity index is 1020. The van der Waals surface area contributed by atoms with Crippen LogP contribution in [0.5, 0.6) is 5.75 Å². The molecule has 2 aromatic heterocycles. The van der Waals surface area contributed by atoms with Gasteiger partial charge in [-0.1, -0.05) is 30.7 Å². The molecule has 1 aromatic carbocycles. The van der Waals surface area contributed by atoms with Crippen molar-refractivity contribution < 1.29 is 14.3 Å². The number of halogens is 1. The molecule has 2 unspecified atom stereocenters. The van der Waals surface area contributed by atoms with Gasteiger partial charge in [0.1, 0.15) is 28.9 Å². The summed E-state index contributed by atoms with van der Waals surface area (Å²) in [4.78, 5) is 17.5. The summed E-state index contributed by atoms with van der Waals surface area (Å²) < 4.78 is 13.8. The van der Waals surface area contributed by atoms with E-state index in [1.807, 2.05) is 53.9 Å². The molecule has 2 N–H and O–H groups in total. The molecule has 1 aliphatic rings. The van der Waals surface area contributed by atoms with Crippen LogP contribution in [0.25, 0.3) is 16.8 Å². The maximum atomic E-state index is 11.7. The Kier molecular flexibility index (Phi) is 6.11. The highest BCUT2D eigenvalue weighted by Gasteiger charge is 2.32. The van der Waals surface area contributed by atoms with Crippen LogP contribution in [0, 0.1) is 0 Å². The number of imidazole rings is 1. The number of ether oxygens (including phenoxy) is 2. The maximum Gasteiger partial charge on any atom is 0.316 e. The summed E-state index contributed by atoms with van der Waals surface area (Å²) in [5, 5.41) is 0.619. The molecule has 4 rings (SSSR count). The van der Waals surface area contributed by atoms with Crippen molar-refractivity contribution in [2.24, 2.45) is 5.73 Å². The molecule has 1 aliphatic heterocycles. The van der Waals surface area contributed by atoms with Crippen molar-refractivity contribution in [3.63, 3.8) is 0 Å². The molecule has 2 amide bonds. The zero-order chi connectivity index (χ0) is 21.1. The standard InChI is InChI=1S/C22H25ClN4O3/c1-2-13-29-20-14-17(9-11-27(20)22(24)28)30-16-5-3-15(4-6-16)18-7-8-19-25-10-12-26(19)21(18)23/h3-8,10,12,17,20H,2,9,11,13-14H2,1H3,(H2,24,28). The number of likely N-dealkylation sites (tertiary alicyclic amines) is 1. The fraction of sp³-hybridized carbons (Fsp3) is 0.364. The van der Waals surface area contributed by atoms with E-state index in [9.17, 15) is 4.79 Å². The van der Waals surface area contributed by atoms with Crippen molar-refractivity contribution in [3.05, 3.63) is 53.9 Å². The highest BCUT2D eigenvalue weighted by atomic mass is 35.5. The summed E-state index contributed by atoms with van der Waals surface area (Å²) in [5.41, 5.74) is 8.22. The van der Waals surface area contributed by atoms with Gasteiger partial charge >= 0.3 is 6.03 Å². The first-order valence-corrected chi connectivity index (χ1v) is 10.5. The van der Waals surface area contributed by atoms with Crippen LogP contribution < -0.4 is 10.5 Å². The molecule has 8 heteroatoms. The topological polar surface area (TPSA) is 82.1 Å². The molecule has 1 saturated heterocycles. The van der Waals surface area contributed by atoms with Crippen molar-refractivity contribution in [1.29, 1.82) is 0 Å². The number of nitrogens with two attached hydrogens (primary N) is 1. The van der Waals surface area contributed by atoms with Gasteiger partial charge in [0.2, 0.25) is 0 Å². The summed E-state index contributed by atoms with van der Waals surface area (Å²) in [6.07, 6.45) is 5.36. The minimum atomic E-state index is -0.453. The third-order valence-corrected chi connectivity index (χ3v) is 5.66. The van der Waals surface area contributed by atoms with Crippen molar-refractivity contribution in [2.75, 3.05) is 13.2 Å². The predicted molar refractivity (Wildman–Crippen MR) is 116 cm³/mol. The van der Waals surface area contributed by atoms with Crippen LogP contribution in [0.15, 0.2) is 48.8 Å². The van der Waals surface area contributed by atoms with Crippen LogP contribution in [0.4, 0.5) is 4.79 Å². The van der Waals surface area contributed by atoms with E-state index in [4.69, 9.17) is 26.8 Å². The number of urea groups is 1.